The number of ether oxygens (including phenoxy) is 1. The molecule has 0 saturated carbocycles. The Kier molecular flexibility index (Phi) is 3.57. The van der Waals surface area contributed by atoms with E-state index < -0.39 is 11.2 Å². The van der Waals surface area contributed by atoms with Crippen LogP contribution >= 0.6 is 0 Å². The van der Waals surface area contributed by atoms with Gasteiger partial charge in [-0.25, -0.2) is 0 Å². The molecular weight excluding hydrogens is 300 g/mol. The highest BCUT2D eigenvalue weighted by Gasteiger charge is 2.18. The van der Waals surface area contributed by atoms with E-state index in [9.17, 15) is 20.1 Å². The van der Waals surface area contributed by atoms with Gasteiger partial charge in [0.1, 0.15) is 22.5 Å². The molecule has 3 aromatic rings. The Labute approximate surface area is 130 Å². The molecule has 1 heterocycles. The van der Waals surface area contributed by atoms with Gasteiger partial charge in [-0.1, -0.05) is 12.1 Å². The van der Waals surface area contributed by atoms with Crippen LogP contribution in [0.15, 0.2) is 45.6 Å². The lowest BCUT2D eigenvalue weighted by Crippen LogP contribution is -2.04. The highest BCUT2D eigenvalue weighted by atomic mass is 16.5. The molecule has 0 radical (unpaired) electrons. The summed E-state index contributed by atoms with van der Waals surface area (Å²) < 4.78 is 10.5. The number of rotatable bonds is 3. The van der Waals surface area contributed by atoms with Crippen molar-refractivity contribution in [1.29, 1.82) is 0 Å². The van der Waals surface area contributed by atoms with Crippen LogP contribution in [0.5, 0.6) is 23.0 Å². The Morgan fingerprint density at radius 2 is 1.78 bits per heavy atom. The normalized spacial score (nSPS) is 10.8. The van der Waals surface area contributed by atoms with Crippen molar-refractivity contribution in [3.8, 4) is 23.0 Å². The minimum atomic E-state index is -0.451. The number of hydrogen-bond acceptors (Lipinski definition) is 6. The maximum absolute atomic E-state index is 12.2. The number of phenols is 3. The van der Waals surface area contributed by atoms with Crippen molar-refractivity contribution in [2.45, 2.75) is 6.42 Å². The van der Waals surface area contributed by atoms with Gasteiger partial charge < -0.3 is 24.5 Å². The van der Waals surface area contributed by atoms with Crippen LogP contribution in [0.2, 0.25) is 0 Å². The largest absolute Gasteiger partial charge is 0.508 e. The highest BCUT2D eigenvalue weighted by Crippen LogP contribution is 2.40. The molecule has 0 aliphatic rings. The molecule has 3 rings (SSSR count). The molecule has 6 nitrogen and oxygen atoms in total. The molecule has 23 heavy (non-hydrogen) atoms. The summed E-state index contributed by atoms with van der Waals surface area (Å²) in [4.78, 5) is 12.2. The Bertz CT molecular complexity index is 924. The zero-order chi connectivity index (χ0) is 16.6. The predicted octanol–water partition coefficient (Wildman–Crippen LogP) is 2.51. The Morgan fingerprint density at radius 3 is 2.43 bits per heavy atom. The van der Waals surface area contributed by atoms with Crippen molar-refractivity contribution in [2.24, 2.45) is 0 Å². The quantitative estimate of drug-likeness (QED) is 0.687. The number of methoxy groups -OCH3 is 1. The van der Waals surface area contributed by atoms with Crippen LogP contribution in [-0.2, 0) is 6.42 Å². The number of benzene rings is 2. The van der Waals surface area contributed by atoms with Gasteiger partial charge in [0.05, 0.1) is 7.11 Å². The highest BCUT2D eigenvalue weighted by molar-refractivity contribution is 5.88. The fraction of sp³-hybridized carbons (Fsp3) is 0.118. The minimum Gasteiger partial charge on any atom is -0.508 e. The fourth-order valence-electron chi connectivity index (χ4n) is 2.42. The third-order valence-electron chi connectivity index (χ3n) is 3.50. The van der Waals surface area contributed by atoms with E-state index in [0.29, 0.717) is 12.2 Å². The fourth-order valence-corrected chi connectivity index (χ4v) is 2.42. The molecule has 0 saturated heterocycles. The van der Waals surface area contributed by atoms with E-state index in [1.54, 1.807) is 12.1 Å². The van der Waals surface area contributed by atoms with Crippen molar-refractivity contribution in [3.05, 3.63) is 57.9 Å². The summed E-state index contributed by atoms with van der Waals surface area (Å²) in [6.45, 7) is 0. The summed E-state index contributed by atoms with van der Waals surface area (Å²) in [5.41, 5.74) is 0.477. The molecule has 1 aromatic heterocycles. The van der Waals surface area contributed by atoms with Crippen LogP contribution in [-0.4, -0.2) is 22.4 Å². The summed E-state index contributed by atoms with van der Waals surface area (Å²) in [6.07, 6.45) is 0.332. The van der Waals surface area contributed by atoms with E-state index in [2.05, 4.69) is 0 Å². The molecule has 0 fully saturated rings. The first kappa shape index (κ1) is 14.8. The van der Waals surface area contributed by atoms with Crippen molar-refractivity contribution in [3.63, 3.8) is 0 Å². The van der Waals surface area contributed by atoms with E-state index >= 15 is 0 Å². The van der Waals surface area contributed by atoms with Crippen LogP contribution in [0.3, 0.4) is 0 Å². The van der Waals surface area contributed by atoms with E-state index in [-0.39, 0.29) is 28.2 Å². The molecule has 6 heteroatoms. The molecule has 0 bridgehead atoms. The zero-order valence-electron chi connectivity index (χ0n) is 12.2. The third-order valence-corrected chi connectivity index (χ3v) is 3.50. The maximum Gasteiger partial charge on any atom is 0.203 e. The standard InChI is InChI=1S/C17H14O6/c1-22-17-13(20)8-14-15(16(17)21)12(19)7-11(23-14)6-9-2-4-10(18)5-3-9/h2-5,7-8,18,20-21H,6H2,1H3. The van der Waals surface area contributed by atoms with Gasteiger partial charge in [-0.2, -0.15) is 0 Å². The van der Waals surface area contributed by atoms with Gasteiger partial charge in [0.2, 0.25) is 5.75 Å². The first-order chi connectivity index (χ1) is 11.0. The Hall–Kier alpha value is -3.15. The molecule has 0 unspecified atom stereocenters. The van der Waals surface area contributed by atoms with Gasteiger partial charge in [-0.15, -0.1) is 0 Å². The second kappa shape index (κ2) is 5.57. The van der Waals surface area contributed by atoms with Crippen LogP contribution in [0, 0.1) is 0 Å². The van der Waals surface area contributed by atoms with Gasteiger partial charge in [-0.05, 0) is 17.7 Å². The molecule has 3 N–H and O–H groups in total. The van der Waals surface area contributed by atoms with Crippen molar-refractivity contribution in [2.75, 3.05) is 7.11 Å². The van der Waals surface area contributed by atoms with E-state index in [4.69, 9.17) is 9.15 Å². The lowest BCUT2D eigenvalue weighted by molar-refractivity contribution is 0.346. The average Bonchev–Trinajstić information content (AvgIpc) is 2.49. The van der Waals surface area contributed by atoms with Gasteiger partial charge in [0, 0.05) is 18.6 Å². The summed E-state index contributed by atoms with van der Waals surface area (Å²) in [7, 11) is 1.28. The monoisotopic (exact) mass is 314 g/mol. The number of hydrogen-bond donors (Lipinski definition) is 3. The minimum absolute atomic E-state index is 0.0471. The summed E-state index contributed by atoms with van der Waals surface area (Å²) in [5, 5.41) is 29.1. The van der Waals surface area contributed by atoms with E-state index in [1.807, 2.05) is 0 Å². The van der Waals surface area contributed by atoms with Crippen LogP contribution in [0.4, 0.5) is 0 Å². The van der Waals surface area contributed by atoms with Crippen molar-refractivity contribution >= 4 is 11.0 Å². The summed E-state index contributed by atoms with van der Waals surface area (Å²) in [5.74, 6) is -0.418. The van der Waals surface area contributed by atoms with Gasteiger partial charge in [-0.3, -0.25) is 4.79 Å². The maximum atomic E-state index is 12.2. The number of aromatic hydroxyl groups is 3. The molecular formula is C17H14O6. The summed E-state index contributed by atoms with van der Waals surface area (Å²) in [6, 6.07) is 9.01. The van der Waals surface area contributed by atoms with Gasteiger partial charge in [0.15, 0.2) is 16.9 Å². The Balaban J connectivity index is 2.11. The molecule has 0 amide bonds. The predicted molar refractivity (Wildman–Crippen MR) is 83.3 cm³/mol. The van der Waals surface area contributed by atoms with Crippen LogP contribution < -0.4 is 10.2 Å². The lowest BCUT2D eigenvalue weighted by atomic mass is 10.1. The first-order valence-corrected chi connectivity index (χ1v) is 6.83. The first-order valence-electron chi connectivity index (χ1n) is 6.83. The number of phenolic OH excluding ortho intramolecular Hbond substituents is 3. The van der Waals surface area contributed by atoms with Crippen molar-refractivity contribution in [1.82, 2.24) is 0 Å². The molecule has 0 aliphatic carbocycles. The number of fused-ring (bicyclic) bond motifs is 1. The Morgan fingerprint density at radius 1 is 1.09 bits per heavy atom. The molecule has 118 valence electrons. The zero-order valence-corrected chi connectivity index (χ0v) is 12.2. The molecule has 2 aromatic carbocycles. The average molecular weight is 314 g/mol. The lowest BCUT2D eigenvalue weighted by Gasteiger charge is -2.09. The van der Waals surface area contributed by atoms with Gasteiger partial charge in [0.25, 0.3) is 0 Å². The molecule has 0 spiro atoms. The SMILES string of the molecule is COc1c(O)cc2oc(Cc3ccc(O)cc3)cc(=O)c2c1O. The topological polar surface area (TPSA) is 100 Å². The second-order valence-electron chi connectivity index (χ2n) is 5.07. The van der Waals surface area contributed by atoms with E-state index in [1.165, 1.54) is 31.4 Å². The molecule has 0 atom stereocenters. The molecule has 0 aliphatic heterocycles. The third kappa shape index (κ3) is 2.66. The smallest absolute Gasteiger partial charge is 0.203 e. The van der Waals surface area contributed by atoms with Crippen LogP contribution in [0.1, 0.15) is 11.3 Å². The summed E-state index contributed by atoms with van der Waals surface area (Å²) >= 11 is 0. The second-order valence-corrected chi connectivity index (χ2v) is 5.07. The van der Waals surface area contributed by atoms with Crippen LogP contribution in [0.25, 0.3) is 11.0 Å². The van der Waals surface area contributed by atoms with Gasteiger partial charge >= 0.3 is 0 Å². The van der Waals surface area contributed by atoms with E-state index in [0.717, 1.165) is 5.56 Å². The van der Waals surface area contributed by atoms with Crippen molar-refractivity contribution < 1.29 is 24.5 Å².